The first-order valence-corrected chi connectivity index (χ1v) is 5.79. The van der Waals surface area contributed by atoms with Crippen molar-refractivity contribution in [2.24, 2.45) is 0 Å². The molecule has 0 unspecified atom stereocenters. The van der Waals surface area contributed by atoms with Gasteiger partial charge in [0.05, 0.1) is 0 Å². The Morgan fingerprint density at radius 3 is 2.36 bits per heavy atom. The van der Waals surface area contributed by atoms with Crippen LogP contribution in [0.5, 0.6) is 0 Å². The van der Waals surface area contributed by atoms with Crippen LogP contribution in [0.25, 0.3) is 0 Å². The minimum Gasteiger partial charge on any atom is -0.265 e. The van der Waals surface area contributed by atoms with Crippen molar-refractivity contribution in [3.63, 3.8) is 0 Å². The smallest absolute Gasteiger partial charge is 0.192 e. The summed E-state index contributed by atoms with van der Waals surface area (Å²) in [6.07, 6.45) is 7.12. The Balaban J connectivity index is 2.16. The molecule has 3 nitrogen and oxygen atoms in total. The Morgan fingerprint density at radius 1 is 1.07 bits per heavy atom. The highest BCUT2D eigenvalue weighted by molar-refractivity contribution is 14.1. The predicted octanol–water partition coefficient (Wildman–Crippen LogP) is 2.63. The highest BCUT2D eigenvalue weighted by atomic mass is 127. The summed E-state index contributed by atoms with van der Waals surface area (Å²) in [5.74, 6) is 0. The van der Waals surface area contributed by atoms with Crippen molar-refractivity contribution in [1.29, 1.82) is 0 Å². The predicted molar refractivity (Wildman–Crippen MR) is 63.1 cm³/mol. The van der Waals surface area contributed by atoms with Gasteiger partial charge >= 0.3 is 0 Å². The molecule has 0 aromatic carbocycles. The molecule has 5 heteroatoms. The summed E-state index contributed by atoms with van der Waals surface area (Å²) in [5.41, 5.74) is 0. The fourth-order valence-electron chi connectivity index (χ4n) is 0.865. The molecule has 0 fully saturated rings. The zero-order valence-corrected chi connectivity index (χ0v) is 10.1. The van der Waals surface area contributed by atoms with E-state index < -0.39 is 0 Å². The lowest BCUT2D eigenvalue weighted by molar-refractivity contribution is 0.957. The fraction of sp³-hybridized carbons (Fsp3) is 0. The van der Waals surface area contributed by atoms with Crippen LogP contribution in [0.1, 0.15) is 0 Å². The Kier molecular flexibility index (Phi) is 3.30. The van der Waals surface area contributed by atoms with Crippen molar-refractivity contribution in [2.75, 3.05) is 0 Å². The van der Waals surface area contributed by atoms with Crippen LogP contribution in [-0.2, 0) is 0 Å². The Labute approximate surface area is 99.5 Å². The van der Waals surface area contributed by atoms with Gasteiger partial charge in [-0.1, -0.05) is 0 Å². The normalized spacial score (nSPS) is 10.1. The van der Waals surface area contributed by atoms with E-state index in [1.54, 1.807) is 24.8 Å². The maximum Gasteiger partial charge on any atom is 0.192 e. The number of hydrogen-bond acceptors (Lipinski definition) is 4. The van der Waals surface area contributed by atoms with Crippen molar-refractivity contribution in [1.82, 2.24) is 15.0 Å². The van der Waals surface area contributed by atoms with Gasteiger partial charge in [-0.15, -0.1) is 0 Å². The van der Waals surface area contributed by atoms with E-state index >= 15 is 0 Å². The van der Waals surface area contributed by atoms with Crippen molar-refractivity contribution in [3.05, 3.63) is 40.5 Å². The van der Waals surface area contributed by atoms with E-state index in [0.29, 0.717) is 0 Å². The van der Waals surface area contributed by atoms with Gasteiger partial charge < -0.3 is 0 Å². The van der Waals surface area contributed by atoms with Gasteiger partial charge in [0.15, 0.2) is 5.16 Å². The first-order chi connectivity index (χ1) is 6.84. The lowest BCUT2D eigenvalue weighted by Gasteiger charge is -1.98. The molecule has 0 saturated carbocycles. The zero-order valence-electron chi connectivity index (χ0n) is 7.09. The molecule has 0 saturated heterocycles. The van der Waals surface area contributed by atoms with Gasteiger partial charge in [-0.3, -0.25) is 4.98 Å². The third-order valence-electron chi connectivity index (χ3n) is 1.46. The van der Waals surface area contributed by atoms with Gasteiger partial charge in [0.25, 0.3) is 0 Å². The summed E-state index contributed by atoms with van der Waals surface area (Å²) >= 11 is 3.71. The number of hydrogen-bond donors (Lipinski definition) is 0. The third-order valence-corrected chi connectivity index (χ3v) is 2.91. The summed E-state index contributed by atoms with van der Waals surface area (Å²) in [7, 11) is 0. The number of aromatic nitrogens is 3. The van der Waals surface area contributed by atoms with Crippen LogP contribution in [-0.4, -0.2) is 15.0 Å². The molecule has 14 heavy (non-hydrogen) atoms. The van der Waals surface area contributed by atoms with Gasteiger partial charge in [-0.2, -0.15) is 0 Å². The SMILES string of the molecule is Ic1cnc(Sc2ccncc2)nc1. The van der Waals surface area contributed by atoms with Crippen molar-refractivity contribution in [3.8, 4) is 0 Å². The average molecular weight is 315 g/mol. The van der Waals surface area contributed by atoms with Crippen LogP contribution in [0.15, 0.2) is 47.0 Å². The molecule has 0 atom stereocenters. The summed E-state index contributed by atoms with van der Waals surface area (Å²) in [5, 5.41) is 0.761. The second kappa shape index (κ2) is 4.70. The van der Waals surface area contributed by atoms with Crippen LogP contribution >= 0.6 is 34.4 Å². The topological polar surface area (TPSA) is 38.7 Å². The van der Waals surface area contributed by atoms with Gasteiger partial charge in [0, 0.05) is 33.3 Å². The first kappa shape index (κ1) is 9.85. The number of pyridine rings is 1. The summed E-state index contributed by atoms with van der Waals surface area (Å²) in [4.78, 5) is 13.4. The van der Waals surface area contributed by atoms with E-state index in [2.05, 4.69) is 37.5 Å². The zero-order chi connectivity index (χ0) is 9.80. The van der Waals surface area contributed by atoms with E-state index in [-0.39, 0.29) is 0 Å². The maximum absolute atomic E-state index is 4.20. The average Bonchev–Trinajstić information content (AvgIpc) is 2.23. The van der Waals surface area contributed by atoms with Gasteiger partial charge in [0.1, 0.15) is 0 Å². The summed E-state index contributed by atoms with van der Waals surface area (Å²) in [6.45, 7) is 0. The minimum absolute atomic E-state index is 0.761. The van der Waals surface area contributed by atoms with Gasteiger partial charge in [-0.25, -0.2) is 9.97 Å². The van der Waals surface area contributed by atoms with Gasteiger partial charge in [0.2, 0.25) is 0 Å². The lowest BCUT2D eigenvalue weighted by atomic mass is 10.5. The second-order valence-corrected chi connectivity index (χ2v) is 4.76. The molecule has 0 aliphatic heterocycles. The first-order valence-electron chi connectivity index (χ1n) is 3.90. The lowest BCUT2D eigenvalue weighted by Crippen LogP contribution is -1.85. The van der Waals surface area contributed by atoms with E-state index in [1.807, 2.05) is 12.1 Å². The van der Waals surface area contributed by atoms with E-state index in [9.17, 15) is 0 Å². The standard InChI is InChI=1S/C9H6IN3S/c10-7-5-12-9(13-6-7)14-8-1-3-11-4-2-8/h1-6H. The Hall–Kier alpha value is -0.690. The maximum atomic E-state index is 4.20. The molecule has 0 N–H and O–H groups in total. The molecule has 70 valence electrons. The van der Waals surface area contributed by atoms with Crippen LogP contribution in [0, 0.1) is 3.57 Å². The molecule has 0 aliphatic rings. The largest absolute Gasteiger partial charge is 0.265 e. The Morgan fingerprint density at radius 2 is 1.71 bits per heavy atom. The summed E-state index contributed by atoms with van der Waals surface area (Å²) in [6, 6.07) is 3.87. The van der Waals surface area contributed by atoms with Crippen molar-refractivity contribution < 1.29 is 0 Å². The molecule has 2 aromatic heterocycles. The molecule has 0 aliphatic carbocycles. The highest BCUT2D eigenvalue weighted by Crippen LogP contribution is 2.22. The molecule has 0 bridgehead atoms. The molecule has 2 rings (SSSR count). The summed E-state index contributed by atoms with van der Waals surface area (Å²) < 4.78 is 1.04. The third kappa shape index (κ3) is 2.65. The molecule has 2 heterocycles. The second-order valence-electron chi connectivity index (χ2n) is 2.47. The number of halogens is 1. The quantitative estimate of drug-likeness (QED) is 0.631. The monoisotopic (exact) mass is 315 g/mol. The number of rotatable bonds is 2. The Bertz CT molecular complexity index is 404. The van der Waals surface area contributed by atoms with E-state index in [4.69, 9.17) is 0 Å². The minimum atomic E-state index is 0.761. The van der Waals surface area contributed by atoms with Gasteiger partial charge in [-0.05, 0) is 46.5 Å². The van der Waals surface area contributed by atoms with Crippen LogP contribution in [0.4, 0.5) is 0 Å². The van der Waals surface area contributed by atoms with E-state index in [1.165, 1.54) is 11.8 Å². The van der Waals surface area contributed by atoms with Crippen LogP contribution in [0.2, 0.25) is 0 Å². The molecule has 0 radical (unpaired) electrons. The molecular weight excluding hydrogens is 309 g/mol. The van der Waals surface area contributed by atoms with Crippen molar-refractivity contribution >= 4 is 34.4 Å². The molecule has 2 aromatic rings. The molecule has 0 spiro atoms. The molecular formula is C9H6IN3S. The highest BCUT2D eigenvalue weighted by Gasteiger charge is 1.98. The van der Waals surface area contributed by atoms with Crippen LogP contribution < -0.4 is 0 Å². The van der Waals surface area contributed by atoms with E-state index in [0.717, 1.165) is 13.6 Å². The van der Waals surface area contributed by atoms with Crippen LogP contribution in [0.3, 0.4) is 0 Å². The number of nitrogens with zero attached hydrogens (tertiary/aromatic N) is 3. The van der Waals surface area contributed by atoms with Crippen molar-refractivity contribution in [2.45, 2.75) is 10.1 Å². The fourth-order valence-corrected chi connectivity index (χ4v) is 1.82. The molecule has 0 amide bonds.